The molecule has 0 radical (unpaired) electrons. The fourth-order valence-corrected chi connectivity index (χ4v) is 2.46. The first kappa shape index (κ1) is 14.8. The van der Waals surface area contributed by atoms with Crippen molar-refractivity contribution >= 4 is 34.2 Å². The Morgan fingerprint density at radius 3 is 2.57 bits per heavy atom. The zero-order valence-corrected chi connectivity index (χ0v) is 12.9. The molecule has 5 nitrogen and oxygen atoms in total. The van der Waals surface area contributed by atoms with Crippen molar-refractivity contribution in [2.75, 3.05) is 10.6 Å². The van der Waals surface area contributed by atoms with Crippen molar-refractivity contribution in [3.05, 3.63) is 59.9 Å². The second kappa shape index (κ2) is 5.61. The molecule has 3 aromatic rings. The van der Waals surface area contributed by atoms with E-state index in [4.69, 9.17) is 10.2 Å². The lowest BCUT2D eigenvalue weighted by atomic mass is 10.2. The summed E-state index contributed by atoms with van der Waals surface area (Å²) in [6.07, 6.45) is 0. The monoisotopic (exact) mass is 308 g/mol. The van der Waals surface area contributed by atoms with Crippen molar-refractivity contribution in [3.8, 4) is 0 Å². The number of furan rings is 1. The fourth-order valence-electron chi connectivity index (χ4n) is 2.46. The summed E-state index contributed by atoms with van der Waals surface area (Å²) < 4.78 is 5.62. The van der Waals surface area contributed by atoms with Crippen LogP contribution < -0.4 is 10.6 Å². The van der Waals surface area contributed by atoms with Gasteiger partial charge < -0.3 is 10.2 Å². The first-order valence-electron chi connectivity index (χ1n) is 7.16. The van der Waals surface area contributed by atoms with E-state index in [2.05, 4.69) is 0 Å². The summed E-state index contributed by atoms with van der Waals surface area (Å²) in [6, 6.07) is 13.9. The van der Waals surface area contributed by atoms with E-state index < -0.39 is 11.8 Å². The number of imide groups is 1. The van der Waals surface area contributed by atoms with Gasteiger partial charge in [-0.05, 0) is 42.8 Å². The summed E-state index contributed by atoms with van der Waals surface area (Å²) in [7, 11) is 0. The Balaban J connectivity index is 2.05. The summed E-state index contributed by atoms with van der Waals surface area (Å²) >= 11 is 0. The first-order chi connectivity index (χ1) is 11.0. The smallest absolute Gasteiger partial charge is 0.300 e. The maximum Gasteiger partial charge on any atom is 0.300 e. The molecule has 3 rings (SSSR count). The van der Waals surface area contributed by atoms with Crippen LogP contribution in [0.15, 0.2) is 52.9 Å². The van der Waals surface area contributed by atoms with Gasteiger partial charge in [-0.3, -0.25) is 9.59 Å². The zero-order chi connectivity index (χ0) is 16.6. The number of nitrogen functional groups attached to an aromatic ring is 1. The van der Waals surface area contributed by atoms with Crippen LogP contribution in [0, 0.1) is 6.92 Å². The van der Waals surface area contributed by atoms with E-state index in [0.717, 1.165) is 15.8 Å². The SMILES string of the molecule is CC(=O)N(C(=O)c1cc2ccc(C)cc2o1)c1cccc(N)c1. The number of carbonyl (C=O) groups excluding carboxylic acids is 2. The molecule has 0 spiro atoms. The molecule has 1 aromatic heterocycles. The predicted molar refractivity (Wildman–Crippen MR) is 89.3 cm³/mol. The molecule has 0 aliphatic carbocycles. The standard InChI is InChI=1S/C18H16N2O3/c1-11-6-7-13-9-17(23-16(13)8-11)18(22)20(12(2)21)15-5-3-4-14(19)10-15/h3-10H,19H2,1-2H3. The molecule has 0 atom stereocenters. The lowest BCUT2D eigenvalue weighted by Crippen LogP contribution is -2.35. The van der Waals surface area contributed by atoms with Crippen molar-refractivity contribution in [2.45, 2.75) is 13.8 Å². The quantitative estimate of drug-likeness (QED) is 0.735. The molecule has 0 fully saturated rings. The number of carbonyl (C=O) groups is 2. The van der Waals surface area contributed by atoms with E-state index in [0.29, 0.717) is 17.0 Å². The predicted octanol–water partition coefficient (Wildman–Crippen LogP) is 3.52. The second-order valence-corrected chi connectivity index (χ2v) is 5.41. The van der Waals surface area contributed by atoms with Crippen LogP contribution in [0.3, 0.4) is 0 Å². The van der Waals surface area contributed by atoms with E-state index in [1.165, 1.54) is 6.92 Å². The van der Waals surface area contributed by atoms with Crippen molar-refractivity contribution in [1.82, 2.24) is 0 Å². The largest absolute Gasteiger partial charge is 0.451 e. The van der Waals surface area contributed by atoms with Gasteiger partial charge in [0.05, 0.1) is 5.69 Å². The molecule has 1 heterocycles. The average Bonchev–Trinajstić information content (AvgIpc) is 2.90. The van der Waals surface area contributed by atoms with Gasteiger partial charge in [0.2, 0.25) is 5.91 Å². The molecule has 0 saturated heterocycles. The molecule has 0 aliphatic heterocycles. The fraction of sp³-hybridized carbons (Fsp3) is 0.111. The third kappa shape index (κ3) is 2.81. The Labute approximate surface area is 133 Å². The van der Waals surface area contributed by atoms with E-state index in [9.17, 15) is 9.59 Å². The number of nitrogens with two attached hydrogens (primary N) is 1. The molecule has 23 heavy (non-hydrogen) atoms. The lowest BCUT2D eigenvalue weighted by molar-refractivity contribution is -0.116. The highest BCUT2D eigenvalue weighted by Crippen LogP contribution is 2.25. The molecule has 0 bridgehead atoms. The van der Waals surface area contributed by atoms with Crippen molar-refractivity contribution in [1.29, 1.82) is 0 Å². The van der Waals surface area contributed by atoms with E-state index in [1.807, 2.05) is 25.1 Å². The van der Waals surface area contributed by atoms with Gasteiger partial charge in [0.1, 0.15) is 5.58 Å². The normalized spacial score (nSPS) is 10.7. The van der Waals surface area contributed by atoms with Crippen molar-refractivity contribution in [2.24, 2.45) is 0 Å². The number of hydrogen-bond acceptors (Lipinski definition) is 4. The molecule has 2 aromatic carbocycles. The van der Waals surface area contributed by atoms with Crippen LogP contribution in [0.4, 0.5) is 11.4 Å². The van der Waals surface area contributed by atoms with Gasteiger partial charge in [-0.15, -0.1) is 0 Å². The summed E-state index contributed by atoms with van der Waals surface area (Å²) in [5.74, 6) is -0.808. The Morgan fingerprint density at radius 2 is 1.87 bits per heavy atom. The zero-order valence-electron chi connectivity index (χ0n) is 12.9. The van der Waals surface area contributed by atoms with Crippen LogP contribution in [0.1, 0.15) is 23.0 Å². The minimum absolute atomic E-state index is 0.114. The van der Waals surface area contributed by atoms with Gasteiger partial charge in [0, 0.05) is 18.0 Å². The van der Waals surface area contributed by atoms with Crippen LogP contribution >= 0.6 is 0 Å². The number of amides is 2. The highest BCUT2D eigenvalue weighted by molar-refractivity contribution is 6.20. The molecule has 2 N–H and O–H groups in total. The maximum absolute atomic E-state index is 12.7. The minimum Gasteiger partial charge on any atom is -0.451 e. The Kier molecular flexibility index (Phi) is 3.62. The highest BCUT2D eigenvalue weighted by Gasteiger charge is 2.25. The van der Waals surface area contributed by atoms with Crippen LogP contribution in [0.25, 0.3) is 11.0 Å². The van der Waals surface area contributed by atoms with Gasteiger partial charge in [-0.2, -0.15) is 0 Å². The number of aryl methyl sites for hydroxylation is 1. The molecule has 5 heteroatoms. The third-order valence-electron chi connectivity index (χ3n) is 3.53. The van der Waals surface area contributed by atoms with Crippen LogP contribution in [-0.4, -0.2) is 11.8 Å². The molecule has 0 saturated carbocycles. The van der Waals surface area contributed by atoms with E-state index >= 15 is 0 Å². The van der Waals surface area contributed by atoms with Crippen molar-refractivity contribution < 1.29 is 14.0 Å². The van der Waals surface area contributed by atoms with Gasteiger partial charge in [-0.1, -0.05) is 18.2 Å². The molecule has 116 valence electrons. The first-order valence-corrected chi connectivity index (χ1v) is 7.16. The molecule has 0 aliphatic rings. The van der Waals surface area contributed by atoms with Gasteiger partial charge in [-0.25, -0.2) is 4.90 Å². The number of benzene rings is 2. The number of fused-ring (bicyclic) bond motifs is 1. The summed E-state index contributed by atoms with van der Waals surface area (Å²) in [6.45, 7) is 3.27. The number of hydrogen-bond donors (Lipinski definition) is 1. The van der Waals surface area contributed by atoms with Crippen molar-refractivity contribution in [3.63, 3.8) is 0 Å². The minimum atomic E-state index is -0.517. The van der Waals surface area contributed by atoms with Crippen LogP contribution in [0.5, 0.6) is 0 Å². The summed E-state index contributed by atoms with van der Waals surface area (Å²) in [4.78, 5) is 25.7. The Bertz CT molecular complexity index is 912. The van der Waals surface area contributed by atoms with Gasteiger partial charge in [0.15, 0.2) is 5.76 Å². The second-order valence-electron chi connectivity index (χ2n) is 5.41. The topological polar surface area (TPSA) is 76.5 Å². The molecular formula is C18H16N2O3. The van der Waals surface area contributed by atoms with Gasteiger partial charge in [0.25, 0.3) is 0 Å². The van der Waals surface area contributed by atoms with Crippen LogP contribution in [-0.2, 0) is 4.79 Å². The number of nitrogens with zero attached hydrogens (tertiary/aromatic N) is 1. The highest BCUT2D eigenvalue weighted by atomic mass is 16.3. The third-order valence-corrected chi connectivity index (χ3v) is 3.53. The molecule has 0 unspecified atom stereocenters. The number of rotatable bonds is 2. The summed E-state index contributed by atoms with van der Waals surface area (Å²) in [5.41, 5.74) is 8.28. The molecular weight excluding hydrogens is 292 g/mol. The molecule has 2 amide bonds. The number of anilines is 2. The van der Waals surface area contributed by atoms with E-state index in [-0.39, 0.29) is 5.76 Å². The Hall–Kier alpha value is -3.08. The lowest BCUT2D eigenvalue weighted by Gasteiger charge is -2.18. The van der Waals surface area contributed by atoms with Crippen LogP contribution in [0.2, 0.25) is 0 Å². The van der Waals surface area contributed by atoms with E-state index in [1.54, 1.807) is 30.3 Å². The Morgan fingerprint density at radius 1 is 1.09 bits per heavy atom. The average molecular weight is 308 g/mol. The van der Waals surface area contributed by atoms with Gasteiger partial charge >= 0.3 is 5.91 Å². The maximum atomic E-state index is 12.7. The summed E-state index contributed by atoms with van der Waals surface area (Å²) in [5, 5.41) is 0.815.